The number of ether oxygens (including phenoxy) is 1. The van der Waals surface area contributed by atoms with Crippen LogP contribution in [-0.2, 0) is 16.1 Å². The Bertz CT molecular complexity index is 1100. The van der Waals surface area contributed by atoms with Crippen molar-refractivity contribution >= 4 is 23.0 Å². The topological polar surface area (TPSA) is 73.1 Å². The fourth-order valence-electron chi connectivity index (χ4n) is 4.31. The third-order valence-electron chi connectivity index (χ3n) is 6.77. The SMILES string of the molecule is COC1=CNC(C(F)F)C=C1c1cc(CN2CCN(C)C(C)O2)ccc1NC1NNC(C#CC2CC2)S1. The Morgan fingerprint density at radius 3 is 2.81 bits per heavy atom. The number of rotatable bonds is 7. The van der Waals surface area contributed by atoms with Crippen molar-refractivity contribution in [2.75, 3.05) is 32.6 Å². The largest absolute Gasteiger partial charge is 0.495 e. The number of allylic oxidation sites excluding steroid dienone is 1. The number of dihydropyridines is 1. The average Bonchev–Trinajstić information content (AvgIpc) is 3.62. The molecule has 3 heterocycles. The van der Waals surface area contributed by atoms with E-state index in [9.17, 15) is 8.78 Å². The standard InChI is InChI=1S/C26H34F2N6O2S/c1-16-33(2)10-11-34(36-16)15-18-6-8-21(30-26-32-31-24(37-26)9-7-17-4-5-17)19(12-18)20-13-22(25(27)28)29-14-23(20)35-3/h6,8,12-14,16-17,22,24-26,29-32H,4-5,10-11,15H2,1-3H3. The molecule has 37 heavy (non-hydrogen) atoms. The lowest BCUT2D eigenvalue weighted by molar-refractivity contribution is -0.266. The van der Waals surface area contributed by atoms with Gasteiger partial charge in [0.05, 0.1) is 7.11 Å². The second-order valence-corrected chi connectivity index (χ2v) is 10.9. The van der Waals surface area contributed by atoms with Gasteiger partial charge in [0, 0.05) is 48.6 Å². The zero-order chi connectivity index (χ0) is 25.9. The van der Waals surface area contributed by atoms with Gasteiger partial charge in [0.15, 0.2) is 0 Å². The van der Waals surface area contributed by atoms with E-state index < -0.39 is 12.5 Å². The molecule has 1 aromatic rings. The number of methoxy groups -OCH3 is 1. The van der Waals surface area contributed by atoms with E-state index in [1.54, 1.807) is 24.9 Å². The molecule has 4 atom stereocenters. The molecule has 3 fully saturated rings. The van der Waals surface area contributed by atoms with E-state index in [2.05, 4.69) is 38.2 Å². The lowest BCUT2D eigenvalue weighted by Crippen LogP contribution is -2.47. The summed E-state index contributed by atoms with van der Waals surface area (Å²) in [5.74, 6) is 7.61. The van der Waals surface area contributed by atoms with Crippen LogP contribution in [0.15, 0.2) is 36.2 Å². The first-order chi connectivity index (χ1) is 17.9. The minimum Gasteiger partial charge on any atom is -0.495 e. The molecule has 1 aliphatic carbocycles. The number of nitrogens with zero attached hydrogens (tertiary/aromatic N) is 2. The molecule has 3 aliphatic heterocycles. The number of likely N-dealkylation sites (N-methyl/N-ethyl adjacent to an activating group) is 1. The van der Waals surface area contributed by atoms with Gasteiger partial charge in [0.25, 0.3) is 6.43 Å². The molecule has 5 rings (SSSR count). The minimum absolute atomic E-state index is 0.00922. The quantitative estimate of drug-likeness (QED) is 0.397. The molecule has 0 bridgehead atoms. The number of hydrogen-bond donors (Lipinski definition) is 4. The van der Waals surface area contributed by atoms with Crippen LogP contribution in [0.1, 0.15) is 30.9 Å². The summed E-state index contributed by atoms with van der Waals surface area (Å²) in [6.45, 7) is 4.28. The first-order valence-electron chi connectivity index (χ1n) is 12.6. The summed E-state index contributed by atoms with van der Waals surface area (Å²) in [5, 5.41) is 8.17. The summed E-state index contributed by atoms with van der Waals surface area (Å²) < 4.78 is 32.9. The predicted molar refractivity (Wildman–Crippen MR) is 142 cm³/mol. The monoisotopic (exact) mass is 532 g/mol. The van der Waals surface area contributed by atoms with Crippen molar-refractivity contribution in [1.82, 2.24) is 26.1 Å². The highest BCUT2D eigenvalue weighted by molar-refractivity contribution is 8.01. The zero-order valence-electron chi connectivity index (χ0n) is 21.3. The highest BCUT2D eigenvalue weighted by Crippen LogP contribution is 2.35. The van der Waals surface area contributed by atoms with E-state index in [1.165, 1.54) is 19.0 Å². The molecule has 4 unspecified atom stereocenters. The van der Waals surface area contributed by atoms with Crippen LogP contribution in [0.4, 0.5) is 14.5 Å². The summed E-state index contributed by atoms with van der Waals surface area (Å²) in [6, 6.07) is 4.95. The molecule has 0 amide bonds. The van der Waals surface area contributed by atoms with Crippen LogP contribution in [0.3, 0.4) is 0 Å². The molecule has 11 heteroatoms. The summed E-state index contributed by atoms with van der Waals surface area (Å²) in [4.78, 5) is 8.17. The van der Waals surface area contributed by atoms with Crippen molar-refractivity contribution in [2.45, 2.75) is 55.9 Å². The van der Waals surface area contributed by atoms with Crippen LogP contribution in [-0.4, -0.2) is 66.8 Å². The van der Waals surface area contributed by atoms with Crippen LogP contribution in [0.25, 0.3) is 5.57 Å². The highest BCUT2D eigenvalue weighted by Gasteiger charge is 2.29. The van der Waals surface area contributed by atoms with Gasteiger partial charge in [0.1, 0.15) is 28.9 Å². The number of nitrogens with one attached hydrogen (secondary N) is 4. The normalized spacial score (nSPS) is 28.7. The van der Waals surface area contributed by atoms with E-state index in [4.69, 9.17) is 9.57 Å². The van der Waals surface area contributed by atoms with Crippen molar-refractivity contribution < 1.29 is 18.4 Å². The Hall–Kier alpha value is -2.33. The lowest BCUT2D eigenvalue weighted by Gasteiger charge is -2.37. The Balaban J connectivity index is 1.40. The van der Waals surface area contributed by atoms with Crippen molar-refractivity contribution in [3.8, 4) is 11.8 Å². The third-order valence-corrected chi connectivity index (χ3v) is 7.78. The number of halogens is 2. The van der Waals surface area contributed by atoms with Crippen molar-refractivity contribution in [3.63, 3.8) is 0 Å². The van der Waals surface area contributed by atoms with Gasteiger partial charge in [-0.25, -0.2) is 19.6 Å². The van der Waals surface area contributed by atoms with Crippen LogP contribution in [0.5, 0.6) is 0 Å². The second-order valence-electron chi connectivity index (χ2n) is 9.64. The van der Waals surface area contributed by atoms with Crippen molar-refractivity contribution in [2.24, 2.45) is 5.92 Å². The molecule has 0 aromatic heterocycles. The minimum atomic E-state index is -2.55. The Kier molecular flexibility index (Phi) is 8.24. The van der Waals surface area contributed by atoms with Gasteiger partial charge in [-0.05, 0) is 50.6 Å². The Labute approximate surface area is 221 Å². The summed E-state index contributed by atoms with van der Waals surface area (Å²) in [5.41, 5.74) is 9.53. The number of hydrogen-bond acceptors (Lipinski definition) is 9. The van der Waals surface area contributed by atoms with Gasteiger partial charge < -0.3 is 15.4 Å². The molecule has 0 spiro atoms. The maximum absolute atomic E-state index is 13.6. The van der Waals surface area contributed by atoms with Crippen LogP contribution < -0.4 is 21.5 Å². The fourth-order valence-corrected chi connectivity index (χ4v) is 5.19. The molecule has 8 nitrogen and oxygen atoms in total. The molecule has 0 radical (unpaired) electrons. The van der Waals surface area contributed by atoms with Crippen molar-refractivity contribution in [3.05, 3.63) is 47.4 Å². The maximum Gasteiger partial charge on any atom is 0.261 e. The smallest absolute Gasteiger partial charge is 0.261 e. The predicted octanol–water partition coefficient (Wildman–Crippen LogP) is 3.10. The molecular weight excluding hydrogens is 498 g/mol. The number of alkyl halides is 2. The molecule has 2 saturated heterocycles. The molecule has 4 aliphatic rings. The number of hydroxylamine groups is 2. The van der Waals surface area contributed by atoms with E-state index in [0.29, 0.717) is 23.8 Å². The zero-order valence-corrected chi connectivity index (χ0v) is 22.1. The molecule has 4 N–H and O–H groups in total. The van der Waals surface area contributed by atoms with Crippen molar-refractivity contribution in [1.29, 1.82) is 0 Å². The number of thioether (sulfide) groups is 1. The average molecular weight is 533 g/mol. The van der Waals surface area contributed by atoms with Gasteiger partial charge in [-0.1, -0.05) is 29.7 Å². The van der Waals surface area contributed by atoms with Gasteiger partial charge in [-0.2, -0.15) is 5.06 Å². The molecule has 1 aromatic carbocycles. The number of benzene rings is 1. The summed E-state index contributed by atoms with van der Waals surface area (Å²) >= 11 is 1.64. The first kappa shape index (κ1) is 26.3. The molecular formula is C26H34F2N6O2S. The van der Waals surface area contributed by atoms with Gasteiger partial charge in [-0.15, -0.1) is 0 Å². The Morgan fingerprint density at radius 2 is 2.08 bits per heavy atom. The van der Waals surface area contributed by atoms with E-state index in [0.717, 1.165) is 29.9 Å². The summed E-state index contributed by atoms with van der Waals surface area (Å²) in [6.07, 6.45) is 2.87. The second kappa shape index (κ2) is 11.6. The first-order valence-corrected chi connectivity index (χ1v) is 13.5. The van der Waals surface area contributed by atoms with Crippen LogP contribution >= 0.6 is 11.8 Å². The maximum atomic E-state index is 13.6. The lowest BCUT2D eigenvalue weighted by atomic mass is 9.95. The van der Waals surface area contributed by atoms with Crippen LogP contribution in [0, 0.1) is 17.8 Å². The fraction of sp³-hybridized carbons (Fsp3) is 0.538. The third kappa shape index (κ3) is 6.57. The van der Waals surface area contributed by atoms with Gasteiger partial charge in [0.2, 0.25) is 0 Å². The van der Waals surface area contributed by atoms with Crippen LogP contribution in [0.2, 0.25) is 0 Å². The Morgan fingerprint density at radius 1 is 1.24 bits per heavy atom. The highest BCUT2D eigenvalue weighted by atomic mass is 32.2. The number of anilines is 1. The van der Waals surface area contributed by atoms with E-state index in [-0.39, 0.29) is 17.1 Å². The van der Waals surface area contributed by atoms with Gasteiger partial charge in [-0.3, -0.25) is 9.74 Å². The van der Waals surface area contributed by atoms with E-state index in [1.807, 2.05) is 37.2 Å². The van der Waals surface area contributed by atoms with E-state index >= 15 is 0 Å². The van der Waals surface area contributed by atoms with Gasteiger partial charge >= 0.3 is 0 Å². The number of hydrazine groups is 1. The summed E-state index contributed by atoms with van der Waals surface area (Å²) in [7, 11) is 3.58. The molecule has 1 saturated carbocycles. The molecule has 200 valence electrons.